The van der Waals surface area contributed by atoms with Crippen LogP contribution in [-0.2, 0) is 4.79 Å². The number of nitrogens with zero attached hydrogens (tertiary/aromatic N) is 2. The predicted molar refractivity (Wildman–Crippen MR) is 88.4 cm³/mol. The average molecular weight is 316 g/mol. The standard InChI is InChI=1S/C17H24N4O2/c1-17(2,3)16(22)20-21-9-5-6-12(21)11-23-15-8-4-7-14(19)13(15)10-18/h4,7-8,12H,5-6,9,11,19H2,1-3H3,(H,20,22)/t12-/m1/s1. The number of nitrogens with one attached hydrogen (secondary N) is 1. The van der Waals surface area contributed by atoms with Crippen molar-refractivity contribution in [2.75, 3.05) is 18.9 Å². The van der Waals surface area contributed by atoms with Crippen LogP contribution < -0.4 is 15.9 Å². The molecule has 0 spiro atoms. The van der Waals surface area contributed by atoms with Crippen LogP contribution in [0.15, 0.2) is 18.2 Å². The van der Waals surface area contributed by atoms with Gasteiger partial charge in [0, 0.05) is 12.0 Å². The number of anilines is 1. The molecular formula is C17H24N4O2. The summed E-state index contributed by atoms with van der Waals surface area (Å²) < 4.78 is 5.79. The van der Waals surface area contributed by atoms with Crippen LogP contribution in [0.2, 0.25) is 0 Å². The third kappa shape index (κ3) is 4.14. The average Bonchev–Trinajstić information content (AvgIpc) is 2.91. The van der Waals surface area contributed by atoms with Crippen LogP contribution in [0.4, 0.5) is 5.69 Å². The van der Waals surface area contributed by atoms with Gasteiger partial charge in [-0.1, -0.05) is 26.8 Å². The minimum absolute atomic E-state index is 0.00827. The summed E-state index contributed by atoms with van der Waals surface area (Å²) in [5, 5.41) is 11.1. The summed E-state index contributed by atoms with van der Waals surface area (Å²) in [6, 6.07) is 7.34. The zero-order valence-electron chi connectivity index (χ0n) is 13.9. The lowest BCUT2D eigenvalue weighted by molar-refractivity contribution is -0.134. The first-order valence-electron chi connectivity index (χ1n) is 7.82. The van der Waals surface area contributed by atoms with Crippen molar-refractivity contribution in [3.05, 3.63) is 23.8 Å². The molecule has 6 heteroatoms. The molecule has 1 fully saturated rings. The maximum Gasteiger partial charge on any atom is 0.239 e. The lowest BCUT2D eigenvalue weighted by Gasteiger charge is -2.28. The van der Waals surface area contributed by atoms with Gasteiger partial charge in [0.15, 0.2) is 0 Å². The Kier molecular flexibility index (Phi) is 5.12. The van der Waals surface area contributed by atoms with Gasteiger partial charge < -0.3 is 10.5 Å². The molecule has 1 saturated heterocycles. The van der Waals surface area contributed by atoms with Crippen molar-refractivity contribution in [1.29, 1.82) is 5.26 Å². The van der Waals surface area contributed by atoms with Crippen LogP contribution in [0.1, 0.15) is 39.2 Å². The van der Waals surface area contributed by atoms with Crippen LogP contribution >= 0.6 is 0 Å². The fraction of sp³-hybridized carbons (Fsp3) is 0.529. The van der Waals surface area contributed by atoms with Crippen LogP contribution in [0.25, 0.3) is 0 Å². The molecule has 3 N–H and O–H groups in total. The zero-order valence-corrected chi connectivity index (χ0v) is 13.9. The summed E-state index contributed by atoms with van der Waals surface area (Å²) in [5.41, 5.74) is 9.09. The normalized spacial score (nSPS) is 18.4. The van der Waals surface area contributed by atoms with Crippen LogP contribution in [0.5, 0.6) is 5.75 Å². The molecule has 0 aromatic heterocycles. The van der Waals surface area contributed by atoms with Gasteiger partial charge in [0.05, 0.1) is 11.7 Å². The van der Waals surface area contributed by atoms with E-state index >= 15 is 0 Å². The van der Waals surface area contributed by atoms with Crippen molar-refractivity contribution < 1.29 is 9.53 Å². The highest BCUT2D eigenvalue weighted by Gasteiger charge is 2.30. The smallest absolute Gasteiger partial charge is 0.239 e. The summed E-state index contributed by atoms with van der Waals surface area (Å²) >= 11 is 0. The number of hydrogen-bond acceptors (Lipinski definition) is 5. The molecule has 1 aromatic carbocycles. The molecule has 0 saturated carbocycles. The number of hydrogen-bond donors (Lipinski definition) is 2. The summed E-state index contributed by atoms with van der Waals surface area (Å²) in [6.07, 6.45) is 1.94. The quantitative estimate of drug-likeness (QED) is 0.830. The number of benzene rings is 1. The van der Waals surface area contributed by atoms with E-state index in [1.165, 1.54) is 0 Å². The van der Waals surface area contributed by atoms with Gasteiger partial charge in [-0.2, -0.15) is 5.26 Å². The Bertz CT molecular complexity index is 616. The minimum Gasteiger partial charge on any atom is -0.490 e. The molecule has 0 unspecified atom stereocenters. The SMILES string of the molecule is CC(C)(C)C(=O)NN1CCC[C@@H]1COc1cccc(N)c1C#N. The minimum atomic E-state index is -0.435. The van der Waals surface area contributed by atoms with E-state index in [1.807, 2.05) is 25.8 Å². The summed E-state index contributed by atoms with van der Waals surface area (Å²) in [6.45, 7) is 6.86. The van der Waals surface area contributed by atoms with E-state index < -0.39 is 5.41 Å². The van der Waals surface area contributed by atoms with Gasteiger partial charge in [0.2, 0.25) is 5.91 Å². The maximum atomic E-state index is 12.1. The predicted octanol–water partition coefficient (Wildman–Crippen LogP) is 2.06. The highest BCUT2D eigenvalue weighted by molar-refractivity contribution is 5.80. The Morgan fingerprint density at radius 1 is 1.52 bits per heavy atom. The van der Waals surface area contributed by atoms with E-state index in [9.17, 15) is 10.1 Å². The maximum absolute atomic E-state index is 12.1. The van der Waals surface area contributed by atoms with Gasteiger partial charge in [-0.05, 0) is 25.0 Å². The summed E-state index contributed by atoms with van der Waals surface area (Å²) in [5.74, 6) is 0.479. The van der Waals surface area contributed by atoms with E-state index in [1.54, 1.807) is 18.2 Å². The molecule has 2 rings (SSSR count). The molecule has 1 heterocycles. The topological polar surface area (TPSA) is 91.4 Å². The Labute approximate surface area is 137 Å². The number of nitrogens with two attached hydrogens (primary N) is 1. The zero-order chi connectivity index (χ0) is 17.0. The highest BCUT2D eigenvalue weighted by atomic mass is 16.5. The first-order valence-corrected chi connectivity index (χ1v) is 7.82. The molecule has 1 aromatic rings. The number of hydrazine groups is 1. The Balaban J connectivity index is 1.99. The second kappa shape index (κ2) is 6.88. The van der Waals surface area contributed by atoms with E-state index in [-0.39, 0.29) is 11.9 Å². The summed E-state index contributed by atoms with van der Waals surface area (Å²) in [4.78, 5) is 12.1. The molecule has 1 aliphatic heterocycles. The van der Waals surface area contributed by atoms with Gasteiger partial charge >= 0.3 is 0 Å². The Hall–Kier alpha value is -2.26. The van der Waals surface area contributed by atoms with Crippen molar-refractivity contribution in [2.24, 2.45) is 5.41 Å². The molecule has 0 radical (unpaired) electrons. The van der Waals surface area contributed by atoms with Crippen molar-refractivity contribution in [2.45, 2.75) is 39.7 Å². The fourth-order valence-electron chi connectivity index (χ4n) is 2.43. The summed E-state index contributed by atoms with van der Waals surface area (Å²) in [7, 11) is 0. The monoisotopic (exact) mass is 316 g/mol. The third-order valence-corrected chi connectivity index (χ3v) is 3.90. The molecule has 1 aliphatic rings. The number of carbonyl (C=O) groups is 1. The van der Waals surface area contributed by atoms with Gasteiger partial charge in [-0.25, -0.2) is 5.01 Å². The van der Waals surface area contributed by atoms with Gasteiger partial charge in [-0.15, -0.1) is 0 Å². The van der Waals surface area contributed by atoms with Gasteiger partial charge in [-0.3, -0.25) is 10.2 Å². The second-order valence-electron chi connectivity index (χ2n) is 6.82. The highest BCUT2D eigenvalue weighted by Crippen LogP contribution is 2.25. The number of nitriles is 1. The molecule has 1 atom stereocenters. The van der Waals surface area contributed by atoms with Crippen molar-refractivity contribution in [3.63, 3.8) is 0 Å². The van der Waals surface area contributed by atoms with Crippen molar-refractivity contribution in [1.82, 2.24) is 10.4 Å². The molecule has 0 bridgehead atoms. The van der Waals surface area contributed by atoms with Crippen molar-refractivity contribution in [3.8, 4) is 11.8 Å². The largest absolute Gasteiger partial charge is 0.490 e. The van der Waals surface area contributed by atoms with E-state index in [0.29, 0.717) is 23.6 Å². The van der Waals surface area contributed by atoms with Gasteiger partial charge in [0.1, 0.15) is 24.0 Å². The number of carbonyl (C=O) groups excluding carboxylic acids is 1. The van der Waals surface area contributed by atoms with Crippen LogP contribution in [0, 0.1) is 16.7 Å². The lowest BCUT2D eigenvalue weighted by Crippen LogP contribution is -2.50. The Morgan fingerprint density at radius 2 is 2.26 bits per heavy atom. The van der Waals surface area contributed by atoms with E-state index in [2.05, 4.69) is 11.5 Å². The molecule has 23 heavy (non-hydrogen) atoms. The van der Waals surface area contributed by atoms with E-state index in [0.717, 1.165) is 19.4 Å². The molecule has 0 aliphatic carbocycles. The number of rotatable bonds is 4. The first-order chi connectivity index (χ1) is 10.8. The molecule has 1 amide bonds. The fourth-order valence-corrected chi connectivity index (χ4v) is 2.43. The van der Waals surface area contributed by atoms with Crippen LogP contribution in [0.3, 0.4) is 0 Å². The number of nitrogen functional groups attached to an aromatic ring is 1. The number of ether oxygens (including phenoxy) is 1. The lowest BCUT2D eigenvalue weighted by atomic mass is 9.96. The molecular weight excluding hydrogens is 292 g/mol. The second-order valence-corrected chi connectivity index (χ2v) is 6.82. The first kappa shape index (κ1) is 17.1. The van der Waals surface area contributed by atoms with Crippen LogP contribution in [-0.4, -0.2) is 30.1 Å². The van der Waals surface area contributed by atoms with Crippen molar-refractivity contribution >= 4 is 11.6 Å². The Morgan fingerprint density at radius 3 is 2.91 bits per heavy atom. The third-order valence-electron chi connectivity index (χ3n) is 3.90. The molecule has 6 nitrogen and oxygen atoms in total. The van der Waals surface area contributed by atoms with Gasteiger partial charge in [0.25, 0.3) is 0 Å². The molecule has 124 valence electrons. The number of amides is 1. The van der Waals surface area contributed by atoms with E-state index in [4.69, 9.17) is 10.5 Å².